The van der Waals surface area contributed by atoms with Gasteiger partial charge in [-0.1, -0.05) is 17.7 Å². The number of thioether (sulfide) groups is 1. The minimum Gasteiger partial charge on any atom is -0.492 e. The maximum absolute atomic E-state index is 12.7. The smallest absolute Gasteiger partial charge is 0.308 e. The minimum atomic E-state index is -0.462. The Bertz CT molecular complexity index is 1020. The van der Waals surface area contributed by atoms with E-state index < -0.39 is 11.9 Å². The zero-order valence-electron chi connectivity index (χ0n) is 16.9. The lowest BCUT2D eigenvalue weighted by atomic mass is 10.2. The molecule has 31 heavy (non-hydrogen) atoms. The van der Waals surface area contributed by atoms with Crippen molar-refractivity contribution >= 4 is 46.6 Å². The van der Waals surface area contributed by atoms with E-state index in [0.717, 1.165) is 16.7 Å². The van der Waals surface area contributed by atoms with Gasteiger partial charge >= 0.3 is 5.97 Å². The zero-order chi connectivity index (χ0) is 22.4. The lowest BCUT2D eigenvalue weighted by Gasteiger charge is -2.13. The Kier molecular flexibility index (Phi) is 7.59. The quantitative estimate of drug-likeness (QED) is 0.318. The summed E-state index contributed by atoms with van der Waals surface area (Å²) in [6.45, 7) is 3.78. The van der Waals surface area contributed by atoms with Crippen LogP contribution in [0.2, 0.25) is 5.02 Å². The van der Waals surface area contributed by atoms with Gasteiger partial charge in [-0.25, -0.2) is 0 Å². The first-order chi connectivity index (χ1) is 14.9. The average Bonchev–Trinajstić information content (AvgIpc) is 2.98. The number of imide groups is 1. The van der Waals surface area contributed by atoms with Crippen molar-refractivity contribution < 1.29 is 28.6 Å². The predicted octanol–water partition coefficient (Wildman–Crippen LogP) is 4.78. The van der Waals surface area contributed by atoms with E-state index in [4.69, 9.17) is 25.8 Å². The van der Waals surface area contributed by atoms with Gasteiger partial charge in [0.1, 0.15) is 12.4 Å². The number of hydrogen-bond acceptors (Lipinski definition) is 7. The van der Waals surface area contributed by atoms with E-state index in [1.165, 1.54) is 6.92 Å². The second-order valence-electron chi connectivity index (χ2n) is 6.37. The summed E-state index contributed by atoms with van der Waals surface area (Å²) < 4.78 is 16.2. The molecular formula is C22H20ClNO6S. The van der Waals surface area contributed by atoms with E-state index in [2.05, 4.69) is 0 Å². The number of carbonyl (C=O) groups excluding carboxylic acids is 3. The number of nitrogens with zero attached hydrogens (tertiary/aromatic N) is 1. The summed E-state index contributed by atoms with van der Waals surface area (Å²) in [6.07, 6.45) is 1.60. The molecule has 2 aromatic rings. The van der Waals surface area contributed by atoms with Crippen LogP contribution in [0.1, 0.15) is 19.4 Å². The molecule has 9 heteroatoms. The normalized spacial score (nSPS) is 14.8. The lowest BCUT2D eigenvalue weighted by Crippen LogP contribution is -2.32. The minimum absolute atomic E-state index is 0.125. The molecule has 1 aliphatic rings. The molecule has 0 aliphatic carbocycles. The van der Waals surface area contributed by atoms with Gasteiger partial charge in [-0.15, -0.1) is 0 Å². The number of esters is 1. The molecule has 0 unspecified atom stereocenters. The molecule has 2 aromatic carbocycles. The summed E-state index contributed by atoms with van der Waals surface area (Å²) in [6, 6.07) is 11.7. The van der Waals surface area contributed by atoms with Crippen molar-refractivity contribution in [3.05, 3.63) is 58.0 Å². The second kappa shape index (κ2) is 10.4. The molecule has 7 nitrogen and oxygen atoms in total. The molecule has 1 aliphatic heterocycles. The number of amides is 2. The second-order valence-corrected chi connectivity index (χ2v) is 7.80. The monoisotopic (exact) mass is 461 g/mol. The highest BCUT2D eigenvalue weighted by Crippen LogP contribution is 2.34. The van der Waals surface area contributed by atoms with Gasteiger partial charge in [0.05, 0.1) is 18.1 Å². The number of benzene rings is 2. The number of ether oxygens (including phenoxy) is 3. The summed E-state index contributed by atoms with van der Waals surface area (Å²) in [7, 11) is 0. The van der Waals surface area contributed by atoms with Crippen LogP contribution in [-0.4, -0.2) is 41.8 Å². The molecular weight excluding hydrogens is 442 g/mol. The van der Waals surface area contributed by atoms with Gasteiger partial charge in [-0.3, -0.25) is 19.3 Å². The Labute approximate surface area is 188 Å². The summed E-state index contributed by atoms with van der Waals surface area (Å²) in [5, 5.41) is 0.231. The first-order valence-electron chi connectivity index (χ1n) is 9.46. The Morgan fingerprint density at radius 2 is 1.84 bits per heavy atom. The Morgan fingerprint density at radius 3 is 2.52 bits per heavy atom. The highest BCUT2D eigenvalue weighted by atomic mass is 35.5. The summed E-state index contributed by atoms with van der Waals surface area (Å²) in [5.41, 5.74) is 0.641. The van der Waals surface area contributed by atoms with Gasteiger partial charge in [0.25, 0.3) is 11.1 Å². The van der Waals surface area contributed by atoms with Gasteiger partial charge in [-0.2, -0.15) is 0 Å². The maximum atomic E-state index is 12.7. The molecule has 0 radical (unpaired) electrons. The first-order valence-corrected chi connectivity index (χ1v) is 10.7. The third kappa shape index (κ3) is 6.02. The number of halogens is 1. The van der Waals surface area contributed by atoms with Crippen LogP contribution in [0.4, 0.5) is 4.79 Å². The SMILES string of the molecule is CCOc1cc(/C=C2\SC(=O)N(CCOc3ccc(Cl)cc3)C2=O)ccc1OC(C)=O. The van der Waals surface area contributed by atoms with Gasteiger partial charge in [0, 0.05) is 11.9 Å². The van der Waals surface area contributed by atoms with Crippen molar-refractivity contribution in [1.29, 1.82) is 0 Å². The van der Waals surface area contributed by atoms with Crippen LogP contribution in [0.25, 0.3) is 6.08 Å². The third-order valence-electron chi connectivity index (χ3n) is 4.09. The number of rotatable bonds is 8. The molecule has 0 bridgehead atoms. The molecule has 0 atom stereocenters. The van der Waals surface area contributed by atoms with E-state index in [1.807, 2.05) is 6.92 Å². The van der Waals surface area contributed by atoms with Gasteiger partial charge < -0.3 is 14.2 Å². The maximum Gasteiger partial charge on any atom is 0.308 e. The Balaban J connectivity index is 1.68. The molecule has 1 heterocycles. The molecule has 0 saturated carbocycles. The third-order valence-corrected chi connectivity index (χ3v) is 5.25. The van der Waals surface area contributed by atoms with Crippen LogP contribution in [0, 0.1) is 0 Å². The van der Waals surface area contributed by atoms with Crippen LogP contribution in [-0.2, 0) is 9.59 Å². The fourth-order valence-corrected chi connectivity index (χ4v) is 3.74. The van der Waals surface area contributed by atoms with Crippen LogP contribution in [0.5, 0.6) is 17.2 Å². The van der Waals surface area contributed by atoms with E-state index in [0.29, 0.717) is 39.3 Å². The molecule has 162 valence electrons. The largest absolute Gasteiger partial charge is 0.492 e. The van der Waals surface area contributed by atoms with Crippen molar-refractivity contribution in [1.82, 2.24) is 4.90 Å². The fourth-order valence-electron chi connectivity index (χ4n) is 2.75. The van der Waals surface area contributed by atoms with Crippen molar-refractivity contribution in [3.63, 3.8) is 0 Å². The van der Waals surface area contributed by atoms with E-state index in [1.54, 1.807) is 48.5 Å². The molecule has 1 saturated heterocycles. The van der Waals surface area contributed by atoms with Crippen LogP contribution in [0.15, 0.2) is 47.4 Å². The fraction of sp³-hybridized carbons (Fsp3) is 0.227. The highest BCUT2D eigenvalue weighted by molar-refractivity contribution is 8.18. The summed E-state index contributed by atoms with van der Waals surface area (Å²) in [5.74, 6) is 0.414. The van der Waals surface area contributed by atoms with E-state index >= 15 is 0 Å². The van der Waals surface area contributed by atoms with Crippen molar-refractivity contribution in [2.24, 2.45) is 0 Å². The van der Waals surface area contributed by atoms with Crippen LogP contribution >= 0.6 is 23.4 Å². The topological polar surface area (TPSA) is 82.1 Å². The lowest BCUT2D eigenvalue weighted by molar-refractivity contribution is -0.132. The summed E-state index contributed by atoms with van der Waals surface area (Å²) in [4.78, 5) is 37.6. The Hall–Kier alpha value is -2.97. The van der Waals surface area contributed by atoms with Crippen molar-refractivity contribution in [2.45, 2.75) is 13.8 Å². The van der Waals surface area contributed by atoms with E-state index in [9.17, 15) is 14.4 Å². The van der Waals surface area contributed by atoms with E-state index in [-0.39, 0.29) is 18.4 Å². The van der Waals surface area contributed by atoms with Crippen LogP contribution < -0.4 is 14.2 Å². The molecule has 2 amide bonds. The van der Waals surface area contributed by atoms with Crippen molar-refractivity contribution in [3.8, 4) is 17.2 Å². The standard InChI is InChI=1S/C22H20ClNO6S/c1-3-28-19-12-15(4-9-18(19)30-14(2)25)13-20-21(26)24(22(27)31-20)10-11-29-17-7-5-16(23)6-8-17/h4-9,12-13H,3,10-11H2,1-2H3/b20-13-. The summed E-state index contributed by atoms with van der Waals surface area (Å²) >= 11 is 6.69. The van der Waals surface area contributed by atoms with Gasteiger partial charge in [0.2, 0.25) is 0 Å². The van der Waals surface area contributed by atoms with Crippen molar-refractivity contribution in [2.75, 3.05) is 19.8 Å². The zero-order valence-corrected chi connectivity index (χ0v) is 18.5. The van der Waals surface area contributed by atoms with Gasteiger partial charge in [-0.05, 0) is 66.7 Å². The molecule has 0 aromatic heterocycles. The number of carbonyl (C=O) groups is 3. The Morgan fingerprint density at radius 1 is 1.10 bits per heavy atom. The van der Waals surface area contributed by atoms with Gasteiger partial charge in [0.15, 0.2) is 11.5 Å². The highest BCUT2D eigenvalue weighted by Gasteiger charge is 2.34. The predicted molar refractivity (Wildman–Crippen MR) is 119 cm³/mol. The molecule has 1 fully saturated rings. The molecule has 0 N–H and O–H groups in total. The number of hydrogen-bond donors (Lipinski definition) is 0. The average molecular weight is 462 g/mol. The molecule has 3 rings (SSSR count). The first kappa shape index (κ1) is 22.7. The van der Waals surface area contributed by atoms with Crippen LogP contribution in [0.3, 0.4) is 0 Å². The molecule has 0 spiro atoms.